The Labute approximate surface area is 216 Å². The Morgan fingerprint density at radius 1 is 0.757 bits per heavy atom. The molecule has 0 atom stereocenters. The fourth-order valence-electron chi connectivity index (χ4n) is 5.26. The highest BCUT2D eigenvalue weighted by Gasteiger charge is 2.18. The molecule has 0 radical (unpaired) electrons. The van der Waals surface area contributed by atoms with Crippen molar-refractivity contribution >= 4 is 38.2 Å². The maximum atomic E-state index is 9.32. The Bertz CT molecular complexity index is 1880. The van der Waals surface area contributed by atoms with E-state index in [4.69, 9.17) is 5.73 Å². The molecule has 3 heteroatoms. The lowest BCUT2D eigenvalue weighted by molar-refractivity contribution is 1.18. The van der Waals surface area contributed by atoms with Gasteiger partial charge in [-0.05, 0) is 70.3 Å². The minimum absolute atomic E-state index is 0.610. The molecule has 0 aliphatic heterocycles. The lowest BCUT2D eigenvalue weighted by Gasteiger charge is -2.12. The summed E-state index contributed by atoms with van der Waals surface area (Å²) in [7, 11) is 0. The summed E-state index contributed by atoms with van der Waals surface area (Å²) in [4.78, 5) is 0. The van der Waals surface area contributed by atoms with Crippen molar-refractivity contribution in [2.24, 2.45) is 5.73 Å². The van der Waals surface area contributed by atoms with Crippen molar-refractivity contribution in [2.75, 3.05) is 0 Å². The summed E-state index contributed by atoms with van der Waals surface area (Å²) in [6.45, 7) is 1.79. The number of fused-ring (bicyclic) bond motifs is 5. The van der Waals surface area contributed by atoms with Crippen molar-refractivity contribution < 1.29 is 0 Å². The van der Waals surface area contributed by atoms with Gasteiger partial charge in [0.2, 0.25) is 0 Å². The van der Waals surface area contributed by atoms with E-state index in [9.17, 15) is 5.26 Å². The highest BCUT2D eigenvalue weighted by Crippen LogP contribution is 2.42. The topological polar surface area (TPSA) is 54.7 Å². The first-order valence-corrected chi connectivity index (χ1v) is 12.3. The molecule has 1 heterocycles. The molecule has 1 aromatic heterocycles. The zero-order valence-corrected chi connectivity index (χ0v) is 20.5. The van der Waals surface area contributed by atoms with Crippen LogP contribution in [-0.4, -0.2) is 4.57 Å². The summed E-state index contributed by atoms with van der Waals surface area (Å²) < 4.78 is 2.34. The summed E-state index contributed by atoms with van der Waals surface area (Å²) in [5.41, 5.74) is 14.1. The summed E-state index contributed by atoms with van der Waals surface area (Å²) in [5, 5.41) is 14.2. The van der Waals surface area contributed by atoms with Crippen molar-refractivity contribution in [1.82, 2.24) is 4.57 Å². The highest BCUT2D eigenvalue weighted by atomic mass is 15.0. The molecule has 0 amide bonds. The number of nitriles is 1. The molecule has 0 aliphatic carbocycles. The minimum Gasteiger partial charge on any atom is -0.404 e. The fraction of sp³-hybridized carbons (Fsp3) is 0.0294. The standard InChI is InChI=1S/C34H25N3/c1-23(21-35)18-26(22-36)25-16-17-30-32(19-25)37(27-12-6-3-7-13-27)33-20-31(24-10-4-2-5-11-24)28-14-8-9-15-29(28)34(30)33/h2-20,22H,36H2,1H3/b23-18+,26-22+. The van der Waals surface area contributed by atoms with Gasteiger partial charge in [-0.15, -0.1) is 0 Å². The Balaban J connectivity index is 1.77. The maximum Gasteiger partial charge on any atom is 0.0944 e. The second-order valence-corrected chi connectivity index (χ2v) is 9.19. The highest BCUT2D eigenvalue weighted by molar-refractivity contribution is 6.24. The van der Waals surface area contributed by atoms with Crippen molar-refractivity contribution in [3.63, 3.8) is 0 Å². The number of para-hydroxylation sites is 1. The van der Waals surface area contributed by atoms with Crippen molar-refractivity contribution in [3.05, 3.63) is 133 Å². The number of aromatic nitrogens is 1. The maximum absolute atomic E-state index is 9.32. The van der Waals surface area contributed by atoms with E-state index in [0.29, 0.717) is 5.57 Å². The Kier molecular flexibility index (Phi) is 5.56. The van der Waals surface area contributed by atoms with Crippen LogP contribution in [0, 0.1) is 11.3 Å². The molecule has 0 spiro atoms. The van der Waals surface area contributed by atoms with E-state index in [1.54, 1.807) is 13.1 Å². The van der Waals surface area contributed by atoms with Gasteiger partial charge in [-0.2, -0.15) is 5.26 Å². The second-order valence-electron chi connectivity index (χ2n) is 9.19. The molecule has 0 unspecified atom stereocenters. The van der Waals surface area contributed by atoms with Crippen LogP contribution in [0.3, 0.4) is 0 Å². The summed E-state index contributed by atoms with van der Waals surface area (Å²) in [6, 6.07) is 40.7. The van der Waals surface area contributed by atoms with Crippen molar-refractivity contribution in [2.45, 2.75) is 6.92 Å². The number of hydrogen-bond donors (Lipinski definition) is 1. The van der Waals surface area contributed by atoms with Gasteiger partial charge >= 0.3 is 0 Å². The van der Waals surface area contributed by atoms with E-state index >= 15 is 0 Å². The van der Waals surface area contributed by atoms with E-state index in [1.807, 2.05) is 12.1 Å². The monoisotopic (exact) mass is 475 g/mol. The fourth-order valence-corrected chi connectivity index (χ4v) is 5.26. The molecule has 0 saturated heterocycles. The van der Waals surface area contributed by atoms with Gasteiger partial charge < -0.3 is 10.3 Å². The molecule has 0 fully saturated rings. The van der Waals surface area contributed by atoms with Crippen molar-refractivity contribution in [3.8, 4) is 22.9 Å². The van der Waals surface area contributed by atoms with Gasteiger partial charge in [0.1, 0.15) is 0 Å². The molecule has 6 rings (SSSR count). The molecule has 0 aliphatic rings. The van der Waals surface area contributed by atoms with Crippen LogP contribution in [-0.2, 0) is 0 Å². The SMILES string of the molecule is C/C(C#N)=C\C(=C/N)c1ccc2c3c4ccccc4c(-c4ccccc4)cc3n(-c3ccccc3)c2c1. The van der Waals surface area contributed by atoms with Crippen LogP contribution in [0.15, 0.2) is 127 Å². The Hall–Kier alpha value is -5.07. The smallest absolute Gasteiger partial charge is 0.0944 e. The van der Waals surface area contributed by atoms with Crippen LogP contribution in [0.25, 0.3) is 55.0 Å². The number of benzene rings is 5. The Morgan fingerprint density at radius 2 is 1.43 bits per heavy atom. The van der Waals surface area contributed by atoms with Crippen molar-refractivity contribution in [1.29, 1.82) is 5.26 Å². The quantitative estimate of drug-likeness (QED) is 0.206. The summed E-state index contributed by atoms with van der Waals surface area (Å²) >= 11 is 0. The molecular weight excluding hydrogens is 450 g/mol. The average Bonchev–Trinajstić information content (AvgIpc) is 3.29. The molecule has 37 heavy (non-hydrogen) atoms. The van der Waals surface area contributed by atoms with Crippen LogP contribution < -0.4 is 5.73 Å². The van der Waals surface area contributed by atoms with Crippen LogP contribution in [0.4, 0.5) is 0 Å². The average molecular weight is 476 g/mol. The van der Waals surface area contributed by atoms with Gasteiger partial charge in [-0.25, -0.2) is 0 Å². The van der Waals surface area contributed by atoms with Gasteiger partial charge in [0.25, 0.3) is 0 Å². The first-order valence-electron chi connectivity index (χ1n) is 12.3. The third-order valence-corrected chi connectivity index (χ3v) is 6.93. The van der Waals surface area contributed by atoms with E-state index in [0.717, 1.165) is 27.9 Å². The molecular formula is C34H25N3. The lowest BCUT2D eigenvalue weighted by atomic mass is 9.94. The molecule has 5 aromatic carbocycles. The van der Waals surface area contributed by atoms with Gasteiger partial charge in [0.05, 0.1) is 17.1 Å². The predicted octanol–water partition coefficient (Wildman–Crippen LogP) is 8.37. The molecule has 2 N–H and O–H groups in total. The molecule has 0 saturated carbocycles. The van der Waals surface area contributed by atoms with E-state index < -0.39 is 0 Å². The third kappa shape index (κ3) is 3.76. The van der Waals surface area contributed by atoms with Gasteiger partial charge in [-0.1, -0.05) is 84.9 Å². The summed E-state index contributed by atoms with van der Waals surface area (Å²) in [6.07, 6.45) is 3.40. The molecule has 176 valence electrons. The van der Waals surface area contributed by atoms with Gasteiger partial charge in [0.15, 0.2) is 0 Å². The zero-order chi connectivity index (χ0) is 25.4. The number of rotatable bonds is 4. The Morgan fingerprint density at radius 3 is 2.14 bits per heavy atom. The number of nitrogens with zero attached hydrogens (tertiary/aromatic N) is 2. The zero-order valence-electron chi connectivity index (χ0n) is 20.5. The van der Waals surface area contributed by atoms with Crippen LogP contribution in [0.1, 0.15) is 12.5 Å². The third-order valence-electron chi connectivity index (χ3n) is 6.93. The second kappa shape index (κ2) is 9.18. The minimum atomic E-state index is 0.610. The normalized spacial score (nSPS) is 12.3. The number of nitrogens with two attached hydrogens (primary N) is 1. The first-order chi connectivity index (χ1) is 18.2. The van der Waals surface area contributed by atoms with Gasteiger partial charge in [-0.3, -0.25) is 0 Å². The van der Waals surface area contributed by atoms with Gasteiger partial charge in [0, 0.05) is 28.2 Å². The van der Waals surface area contributed by atoms with Crippen LogP contribution >= 0.6 is 0 Å². The van der Waals surface area contributed by atoms with E-state index in [1.165, 1.54) is 32.7 Å². The van der Waals surface area contributed by atoms with E-state index in [-0.39, 0.29) is 0 Å². The lowest BCUT2D eigenvalue weighted by Crippen LogP contribution is -1.95. The van der Waals surface area contributed by atoms with Crippen LogP contribution in [0.2, 0.25) is 0 Å². The molecule has 0 bridgehead atoms. The molecule has 6 aromatic rings. The number of allylic oxidation sites excluding steroid dienone is 3. The predicted molar refractivity (Wildman–Crippen MR) is 155 cm³/mol. The summed E-state index contributed by atoms with van der Waals surface area (Å²) in [5.74, 6) is 0. The first kappa shape index (κ1) is 22.4. The largest absolute Gasteiger partial charge is 0.404 e. The molecule has 3 nitrogen and oxygen atoms in total. The van der Waals surface area contributed by atoms with E-state index in [2.05, 4.69) is 114 Å². The number of hydrogen-bond acceptors (Lipinski definition) is 2. The van der Waals surface area contributed by atoms with Crippen LogP contribution in [0.5, 0.6) is 0 Å².